The maximum absolute atomic E-state index is 12.1. The molecule has 0 aliphatic rings. The van der Waals surface area contributed by atoms with Gasteiger partial charge in [-0.1, -0.05) is 47.1 Å². The number of hydrogen-bond acceptors (Lipinski definition) is 7. The fourth-order valence-corrected chi connectivity index (χ4v) is 2.67. The third-order valence-corrected chi connectivity index (χ3v) is 4.18. The van der Waals surface area contributed by atoms with Gasteiger partial charge >= 0.3 is 5.97 Å². The topological polar surface area (TPSA) is 91.5 Å². The normalized spacial score (nSPS) is 10.6. The Bertz CT molecular complexity index is 979. The molecule has 1 aromatic heterocycles. The lowest BCUT2D eigenvalue weighted by atomic mass is 10.1. The zero-order valence-electron chi connectivity index (χ0n) is 16.4. The number of carbonyl (C=O) groups excluding carboxylic acids is 2. The Morgan fingerprint density at radius 1 is 1.03 bits per heavy atom. The summed E-state index contributed by atoms with van der Waals surface area (Å²) in [6, 6.07) is 14.6. The highest BCUT2D eigenvalue weighted by Gasteiger charge is 2.15. The molecule has 0 saturated carbocycles. The van der Waals surface area contributed by atoms with E-state index in [1.54, 1.807) is 12.1 Å². The zero-order valence-corrected chi connectivity index (χ0v) is 16.4. The number of para-hydroxylation sites is 1. The smallest absolute Gasteiger partial charge is 0.306 e. The molecule has 3 aromatic rings. The van der Waals surface area contributed by atoms with Crippen LogP contribution in [0, 0.1) is 6.92 Å². The highest BCUT2D eigenvalue weighted by atomic mass is 16.6. The van der Waals surface area contributed by atoms with E-state index in [2.05, 4.69) is 10.1 Å². The first-order valence-electron chi connectivity index (χ1n) is 9.37. The van der Waals surface area contributed by atoms with Gasteiger partial charge in [-0.25, -0.2) is 0 Å². The maximum atomic E-state index is 12.1. The average Bonchev–Trinajstić information content (AvgIpc) is 3.20. The number of ether oxygens (including phenoxy) is 2. The standard InChI is InChI=1S/C22H22N2O5/c1-3-27-19-7-5-4-6-17(19)22-23-20(29-24-22)14-28-21(26)13-12-18(25)16-10-8-15(2)9-11-16/h4-11H,3,12-14H2,1-2H3. The number of aryl methyl sites for hydroxylation is 1. The predicted octanol–water partition coefficient (Wildman–Crippen LogP) is 4.15. The van der Waals surface area contributed by atoms with Crippen molar-refractivity contribution < 1.29 is 23.6 Å². The van der Waals surface area contributed by atoms with Crippen LogP contribution in [0.5, 0.6) is 5.75 Å². The van der Waals surface area contributed by atoms with Crippen LogP contribution in [0.2, 0.25) is 0 Å². The molecule has 0 atom stereocenters. The molecule has 1 heterocycles. The minimum atomic E-state index is -0.500. The van der Waals surface area contributed by atoms with Crippen molar-refractivity contribution in [2.24, 2.45) is 0 Å². The number of rotatable bonds is 9. The zero-order chi connectivity index (χ0) is 20.6. The van der Waals surface area contributed by atoms with E-state index < -0.39 is 5.97 Å². The van der Waals surface area contributed by atoms with Gasteiger partial charge in [-0.2, -0.15) is 4.98 Å². The summed E-state index contributed by atoms with van der Waals surface area (Å²) in [5.41, 5.74) is 2.35. The van der Waals surface area contributed by atoms with Crippen molar-refractivity contribution in [3.8, 4) is 17.1 Å². The molecule has 7 nitrogen and oxygen atoms in total. The second-order valence-electron chi connectivity index (χ2n) is 6.39. The van der Waals surface area contributed by atoms with Gasteiger partial charge in [0.1, 0.15) is 5.75 Å². The van der Waals surface area contributed by atoms with Crippen LogP contribution in [-0.2, 0) is 16.1 Å². The second-order valence-corrected chi connectivity index (χ2v) is 6.39. The van der Waals surface area contributed by atoms with Crippen molar-refractivity contribution in [2.75, 3.05) is 6.61 Å². The molecule has 0 amide bonds. The molecule has 0 unspecified atom stereocenters. The number of carbonyl (C=O) groups is 2. The number of hydrogen-bond donors (Lipinski definition) is 0. The van der Waals surface area contributed by atoms with Crippen LogP contribution in [0.4, 0.5) is 0 Å². The average molecular weight is 394 g/mol. The summed E-state index contributed by atoms with van der Waals surface area (Å²) in [5.74, 6) is 0.572. The van der Waals surface area contributed by atoms with Crippen LogP contribution in [0.25, 0.3) is 11.4 Å². The predicted molar refractivity (Wildman–Crippen MR) is 105 cm³/mol. The molecule has 150 valence electrons. The van der Waals surface area contributed by atoms with Gasteiger partial charge in [0.2, 0.25) is 5.82 Å². The Kier molecular flexibility index (Phi) is 6.73. The van der Waals surface area contributed by atoms with Crippen LogP contribution in [-0.4, -0.2) is 28.5 Å². The van der Waals surface area contributed by atoms with E-state index >= 15 is 0 Å². The highest BCUT2D eigenvalue weighted by molar-refractivity contribution is 5.97. The molecule has 0 aliphatic carbocycles. The summed E-state index contributed by atoms with van der Waals surface area (Å²) >= 11 is 0. The molecule has 0 radical (unpaired) electrons. The fourth-order valence-electron chi connectivity index (χ4n) is 2.67. The Labute approximate surface area is 168 Å². The monoisotopic (exact) mass is 394 g/mol. The van der Waals surface area contributed by atoms with Crippen molar-refractivity contribution in [1.29, 1.82) is 0 Å². The molecule has 3 rings (SSSR count). The number of aromatic nitrogens is 2. The van der Waals surface area contributed by atoms with Crippen molar-refractivity contribution in [3.05, 3.63) is 65.5 Å². The minimum absolute atomic E-state index is 0.0130. The lowest BCUT2D eigenvalue weighted by molar-refractivity contribution is -0.145. The van der Waals surface area contributed by atoms with Gasteiger partial charge in [-0.15, -0.1) is 0 Å². The molecular weight excluding hydrogens is 372 g/mol. The third-order valence-electron chi connectivity index (χ3n) is 4.18. The maximum Gasteiger partial charge on any atom is 0.306 e. The van der Waals surface area contributed by atoms with Gasteiger partial charge in [-0.05, 0) is 26.0 Å². The Balaban J connectivity index is 1.51. The van der Waals surface area contributed by atoms with Crippen LogP contribution in [0.1, 0.15) is 41.6 Å². The largest absolute Gasteiger partial charge is 0.493 e. The lowest BCUT2D eigenvalue weighted by Gasteiger charge is -2.06. The van der Waals surface area contributed by atoms with E-state index in [0.717, 1.165) is 5.56 Å². The Morgan fingerprint density at radius 2 is 1.79 bits per heavy atom. The molecular formula is C22H22N2O5. The first-order valence-corrected chi connectivity index (χ1v) is 9.37. The summed E-state index contributed by atoms with van der Waals surface area (Å²) in [6.45, 7) is 4.20. The Morgan fingerprint density at radius 3 is 2.55 bits per heavy atom. The van der Waals surface area contributed by atoms with Gasteiger partial charge in [0.25, 0.3) is 5.89 Å². The number of Topliss-reactive ketones (excluding diaryl/α,β-unsaturated/α-hetero) is 1. The molecule has 0 bridgehead atoms. The summed E-state index contributed by atoms with van der Waals surface area (Å²) in [6.07, 6.45) is 0.0690. The van der Waals surface area contributed by atoms with Crippen LogP contribution in [0.3, 0.4) is 0 Å². The van der Waals surface area contributed by atoms with E-state index in [0.29, 0.717) is 29.3 Å². The number of nitrogens with zero attached hydrogens (tertiary/aromatic N) is 2. The van der Waals surface area contributed by atoms with E-state index in [-0.39, 0.29) is 31.1 Å². The van der Waals surface area contributed by atoms with Crippen molar-refractivity contribution in [2.45, 2.75) is 33.3 Å². The third kappa shape index (κ3) is 5.51. The van der Waals surface area contributed by atoms with Crippen LogP contribution in [0.15, 0.2) is 53.1 Å². The molecule has 7 heteroatoms. The quantitative estimate of drug-likeness (QED) is 0.398. The molecule has 2 aromatic carbocycles. The van der Waals surface area contributed by atoms with Gasteiger partial charge in [0.05, 0.1) is 18.6 Å². The van der Waals surface area contributed by atoms with E-state index in [1.165, 1.54) is 0 Å². The molecule has 0 spiro atoms. The first-order chi connectivity index (χ1) is 14.1. The van der Waals surface area contributed by atoms with Gasteiger partial charge < -0.3 is 14.0 Å². The van der Waals surface area contributed by atoms with Crippen LogP contribution < -0.4 is 4.74 Å². The van der Waals surface area contributed by atoms with Gasteiger partial charge in [-0.3, -0.25) is 9.59 Å². The number of esters is 1. The lowest BCUT2D eigenvalue weighted by Crippen LogP contribution is -2.08. The van der Waals surface area contributed by atoms with Crippen LogP contribution >= 0.6 is 0 Å². The summed E-state index contributed by atoms with van der Waals surface area (Å²) in [7, 11) is 0. The molecule has 0 aliphatic heterocycles. The number of benzene rings is 2. The van der Waals surface area contributed by atoms with E-state index in [9.17, 15) is 9.59 Å². The molecule has 0 fully saturated rings. The van der Waals surface area contributed by atoms with E-state index in [1.807, 2.05) is 50.2 Å². The summed E-state index contributed by atoms with van der Waals surface area (Å²) in [4.78, 5) is 28.3. The highest BCUT2D eigenvalue weighted by Crippen LogP contribution is 2.27. The molecule has 29 heavy (non-hydrogen) atoms. The fraction of sp³-hybridized carbons (Fsp3) is 0.273. The Hall–Kier alpha value is -3.48. The molecule has 0 saturated heterocycles. The van der Waals surface area contributed by atoms with Gasteiger partial charge in [0.15, 0.2) is 12.4 Å². The number of ketones is 1. The van der Waals surface area contributed by atoms with Crippen molar-refractivity contribution in [1.82, 2.24) is 10.1 Å². The summed E-state index contributed by atoms with van der Waals surface area (Å²) < 4.78 is 15.8. The van der Waals surface area contributed by atoms with Crippen molar-refractivity contribution >= 4 is 11.8 Å². The van der Waals surface area contributed by atoms with Gasteiger partial charge in [0, 0.05) is 12.0 Å². The SMILES string of the molecule is CCOc1ccccc1-c1noc(COC(=O)CCC(=O)c2ccc(C)cc2)n1. The van der Waals surface area contributed by atoms with Crippen molar-refractivity contribution in [3.63, 3.8) is 0 Å². The minimum Gasteiger partial charge on any atom is -0.493 e. The second kappa shape index (κ2) is 9.64. The first kappa shape index (κ1) is 20.3. The van der Waals surface area contributed by atoms with E-state index in [4.69, 9.17) is 14.0 Å². The molecule has 0 N–H and O–H groups in total. The summed E-state index contributed by atoms with van der Waals surface area (Å²) in [5, 5.41) is 3.92.